The zero-order valence-electron chi connectivity index (χ0n) is 15.0. The summed E-state index contributed by atoms with van der Waals surface area (Å²) in [4.78, 5) is 16.1. The summed E-state index contributed by atoms with van der Waals surface area (Å²) < 4.78 is 77.6. The number of hydrogen-bond donors (Lipinski definition) is 2. The lowest BCUT2D eigenvalue weighted by Gasteiger charge is -2.13. The monoisotopic (exact) mass is 425 g/mol. The van der Waals surface area contributed by atoms with Gasteiger partial charge in [0.2, 0.25) is 0 Å². The topological polar surface area (TPSA) is 54.0 Å². The van der Waals surface area contributed by atoms with Crippen molar-refractivity contribution in [3.05, 3.63) is 77.6 Å². The molecule has 2 aromatic carbocycles. The number of halogens is 6. The fraction of sp³-hybridized carbons (Fsp3) is 0.100. The first-order chi connectivity index (χ1) is 14.0. The molecule has 0 bridgehead atoms. The number of amides is 2. The second-order valence-corrected chi connectivity index (χ2v) is 6.15. The summed E-state index contributed by atoms with van der Waals surface area (Å²) in [5, 5.41) is 5.35. The van der Waals surface area contributed by atoms with Crippen molar-refractivity contribution in [2.45, 2.75) is 12.4 Å². The van der Waals surface area contributed by atoms with Gasteiger partial charge in [-0.1, -0.05) is 18.2 Å². The molecule has 0 aliphatic carbocycles. The van der Waals surface area contributed by atoms with Gasteiger partial charge in [0.05, 0.1) is 28.5 Å². The minimum Gasteiger partial charge on any atom is -0.314 e. The molecule has 0 aliphatic heterocycles. The summed E-state index contributed by atoms with van der Waals surface area (Å²) in [5.41, 5.74) is -2.19. The van der Waals surface area contributed by atoms with Crippen molar-refractivity contribution < 1.29 is 31.1 Å². The van der Waals surface area contributed by atoms with Gasteiger partial charge in [0, 0.05) is 11.6 Å². The molecule has 3 rings (SSSR count). The maximum Gasteiger partial charge on any atom is 0.416 e. The van der Waals surface area contributed by atoms with Crippen LogP contribution in [0.1, 0.15) is 16.7 Å². The molecular formula is C20H13F6N3O. The summed E-state index contributed by atoms with van der Waals surface area (Å²) in [6.45, 7) is 0. The number of hydrogen-bond acceptors (Lipinski definition) is 2. The third-order valence-electron chi connectivity index (χ3n) is 4.01. The first kappa shape index (κ1) is 21.2. The van der Waals surface area contributed by atoms with Crippen LogP contribution in [0.5, 0.6) is 0 Å². The molecule has 0 fully saturated rings. The van der Waals surface area contributed by atoms with E-state index in [2.05, 4.69) is 15.6 Å². The summed E-state index contributed by atoms with van der Waals surface area (Å²) in [6, 6.07) is 9.03. The summed E-state index contributed by atoms with van der Waals surface area (Å²) in [7, 11) is 0. The van der Waals surface area contributed by atoms with Crippen LogP contribution in [0.25, 0.3) is 17.0 Å². The molecule has 0 saturated heterocycles. The Morgan fingerprint density at radius 3 is 2.37 bits per heavy atom. The highest BCUT2D eigenvalue weighted by atomic mass is 19.4. The van der Waals surface area contributed by atoms with Gasteiger partial charge in [-0.25, -0.2) is 4.79 Å². The fourth-order valence-electron chi connectivity index (χ4n) is 2.65. The predicted molar refractivity (Wildman–Crippen MR) is 99.4 cm³/mol. The SMILES string of the molecule is O=C(N/C=C/c1cc(C(F)(F)F)ccc1C(F)(F)F)Nc1cnc2ccccc2c1. The molecule has 1 heterocycles. The molecule has 2 amide bonds. The van der Waals surface area contributed by atoms with E-state index in [1.54, 1.807) is 30.3 Å². The van der Waals surface area contributed by atoms with Gasteiger partial charge in [0.1, 0.15) is 0 Å². The molecule has 0 aliphatic rings. The Bertz CT molecular complexity index is 1110. The van der Waals surface area contributed by atoms with Gasteiger partial charge < -0.3 is 10.6 Å². The number of rotatable bonds is 3. The second-order valence-electron chi connectivity index (χ2n) is 6.15. The molecule has 0 spiro atoms. The zero-order chi connectivity index (χ0) is 21.9. The number of para-hydroxylation sites is 1. The molecule has 4 nitrogen and oxygen atoms in total. The van der Waals surface area contributed by atoms with Crippen LogP contribution in [0.3, 0.4) is 0 Å². The molecule has 0 radical (unpaired) electrons. The van der Waals surface area contributed by atoms with Crippen molar-refractivity contribution in [1.29, 1.82) is 0 Å². The normalized spacial score (nSPS) is 12.3. The molecule has 156 valence electrons. The Kier molecular flexibility index (Phi) is 5.68. The zero-order valence-corrected chi connectivity index (χ0v) is 15.0. The Morgan fingerprint density at radius 1 is 0.933 bits per heavy atom. The van der Waals surface area contributed by atoms with Crippen LogP contribution >= 0.6 is 0 Å². The van der Waals surface area contributed by atoms with Crippen molar-refractivity contribution in [1.82, 2.24) is 10.3 Å². The smallest absolute Gasteiger partial charge is 0.314 e. The largest absolute Gasteiger partial charge is 0.416 e. The maximum atomic E-state index is 13.1. The first-order valence-corrected chi connectivity index (χ1v) is 8.41. The van der Waals surface area contributed by atoms with Gasteiger partial charge in [-0.2, -0.15) is 26.3 Å². The molecule has 2 N–H and O–H groups in total. The third kappa shape index (κ3) is 5.07. The number of nitrogens with one attached hydrogen (secondary N) is 2. The van der Waals surface area contributed by atoms with Gasteiger partial charge in [-0.3, -0.25) is 4.98 Å². The summed E-state index contributed by atoms with van der Waals surface area (Å²) >= 11 is 0. The number of carbonyl (C=O) groups is 1. The van der Waals surface area contributed by atoms with Crippen LogP contribution in [0.2, 0.25) is 0 Å². The van der Waals surface area contributed by atoms with E-state index in [0.717, 1.165) is 17.7 Å². The van der Waals surface area contributed by atoms with E-state index in [-0.39, 0.29) is 0 Å². The number of nitrogens with zero attached hydrogens (tertiary/aromatic N) is 1. The lowest BCUT2D eigenvalue weighted by Crippen LogP contribution is -2.23. The van der Waals surface area contributed by atoms with Crippen LogP contribution in [0.4, 0.5) is 36.8 Å². The number of urea groups is 1. The Balaban J connectivity index is 1.75. The minimum atomic E-state index is -4.86. The Labute approximate surface area is 166 Å². The van der Waals surface area contributed by atoms with Crippen LogP contribution in [-0.4, -0.2) is 11.0 Å². The Hall–Kier alpha value is -3.56. The van der Waals surface area contributed by atoms with Gasteiger partial charge in [-0.15, -0.1) is 0 Å². The van der Waals surface area contributed by atoms with E-state index in [1.807, 2.05) is 0 Å². The van der Waals surface area contributed by atoms with Crippen LogP contribution in [0.15, 0.2) is 60.9 Å². The maximum absolute atomic E-state index is 13.1. The molecule has 0 unspecified atom stereocenters. The summed E-state index contributed by atoms with van der Waals surface area (Å²) in [5.74, 6) is 0. The van der Waals surface area contributed by atoms with Gasteiger partial charge in [0.25, 0.3) is 0 Å². The average Bonchev–Trinajstić information content (AvgIpc) is 2.66. The Morgan fingerprint density at radius 2 is 1.67 bits per heavy atom. The minimum absolute atomic E-state index is 0.328. The lowest BCUT2D eigenvalue weighted by molar-refractivity contribution is -0.141. The highest BCUT2D eigenvalue weighted by molar-refractivity contribution is 5.92. The van der Waals surface area contributed by atoms with Crippen molar-refractivity contribution in [3.8, 4) is 0 Å². The van der Waals surface area contributed by atoms with E-state index < -0.39 is 35.1 Å². The van der Waals surface area contributed by atoms with Crippen molar-refractivity contribution in [2.75, 3.05) is 5.32 Å². The van der Waals surface area contributed by atoms with Crippen molar-refractivity contribution in [2.24, 2.45) is 0 Å². The van der Waals surface area contributed by atoms with Crippen LogP contribution in [-0.2, 0) is 12.4 Å². The van der Waals surface area contributed by atoms with Gasteiger partial charge in [0.15, 0.2) is 0 Å². The lowest BCUT2D eigenvalue weighted by atomic mass is 10.0. The average molecular weight is 425 g/mol. The number of pyridine rings is 1. The van der Waals surface area contributed by atoms with Crippen molar-refractivity contribution >= 4 is 28.7 Å². The number of aromatic nitrogens is 1. The van der Waals surface area contributed by atoms with Crippen LogP contribution in [0, 0.1) is 0 Å². The van der Waals surface area contributed by atoms with E-state index >= 15 is 0 Å². The predicted octanol–water partition coefficient (Wildman–Crippen LogP) is 6.06. The number of carbonyl (C=O) groups excluding carboxylic acids is 1. The molecule has 30 heavy (non-hydrogen) atoms. The molecule has 3 aromatic rings. The standard InChI is InChI=1S/C20H13F6N3O/c21-19(22,23)14-5-6-16(20(24,25)26)12(9-14)7-8-27-18(30)29-15-10-13-3-1-2-4-17(13)28-11-15/h1-11H,(H2,27,29,30)/b8-7+. The van der Waals surface area contributed by atoms with Crippen LogP contribution < -0.4 is 10.6 Å². The van der Waals surface area contributed by atoms with Crippen molar-refractivity contribution in [3.63, 3.8) is 0 Å². The number of fused-ring (bicyclic) bond motifs is 1. The highest BCUT2D eigenvalue weighted by Gasteiger charge is 2.36. The molecule has 10 heteroatoms. The van der Waals surface area contributed by atoms with E-state index in [0.29, 0.717) is 29.4 Å². The fourth-order valence-corrected chi connectivity index (χ4v) is 2.65. The number of alkyl halides is 6. The quantitative estimate of drug-likeness (QED) is 0.501. The van der Waals surface area contributed by atoms with Gasteiger partial charge in [-0.05, 0) is 42.0 Å². The first-order valence-electron chi connectivity index (χ1n) is 8.41. The third-order valence-corrected chi connectivity index (χ3v) is 4.01. The van der Waals surface area contributed by atoms with E-state index in [9.17, 15) is 31.1 Å². The molecular weight excluding hydrogens is 412 g/mol. The summed E-state index contributed by atoms with van der Waals surface area (Å²) in [6.07, 6.45) is -6.70. The molecule has 0 atom stereocenters. The van der Waals surface area contributed by atoms with E-state index in [1.165, 1.54) is 6.20 Å². The second kappa shape index (κ2) is 8.05. The van der Waals surface area contributed by atoms with E-state index in [4.69, 9.17) is 0 Å². The molecule has 1 aromatic heterocycles. The van der Waals surface area contributed by atoms with Gasteiger partial charge >= 0.3 is 18.4 Å². The highest BCUT2D eigenvalue weighted by Crippen LogP contribution is 2.36. The number of anilines is 1. The number of benzene rings is 2. The molecule has 0 saturated carbocycles.